The number of halogens is 4. The van der Waals surface area contributed by atoms with E-state index in [2.05, 4.69) is 20.9 Å². The first-order valence-corrected chi connectivity index (χ1v) is 5.11. The van der Waals surface area contributed by atoms with Crippen LogP contribution in [-0.2, 0) is 0 Å². The van der Waals surface area contributed by atoms with E-state index in [4.69, 9.17) is 4.74 Å². The molecule has 0 saturated heterocycles. The molecule has 0 aliphatic rings. The van der Waals surface area contributed by atoms with E-state index >= 15 is 0 Å². The maximum Gasteiger partial charge on any atom is 0.266 e. The van der Waals surface area contributed by atoms with Crippen molar-refractivity contribution in [2.75, 3.05) is 7.11 Å². The van der Waals surface area contributed by atoms with E-state index in [0.29, 0.717) is 13.9 Å². The van der Waals surface area contributed by atoms with Crippen LogP contribution in [0.1, 0.15) is 12.0 Å². The summed E-state index contributed by atoms with van der Waals surface area (Å²) in [6.45, 7) is 0. The predicted molar refractivity (Wildman–Crippen MR) is 56.2 cm³/mol. The summed E-state index contributed by atoms with van der Waals surface area (Å²) in [6, 6.07) is 0. The minimum atomic E-state index is -2.53. The Hall–Kier alpha value is 0.0200. The van der Waals surface area contributed by atoms with Gasteiger partial charge in [0.25, 0.3) is 6.43 Å². The molecule has 0 amide bonds. The number of nitrogens with zero attached hydrogens (tertiary/aromatic N) is 1. The van der Waals surface area contributed by atoms with Gasteiger partial charge >= 0.3 is 0 Å². The van der Waals surface area contributed by atoms with Crippen molar-refractivity contribution >= 4 is 38.5 Å². The zero-order valence-corrected chi connectivity index (χ0v) is 10.3. The second-order valence-corrected chi connectivity index (χ2v) is 4.02. The normalized spacial score (nSPS) is 10.6. The standard InChI is InChI=1S/C7H5BrF2INO/c1-13-7-5(11)4(8)3(2-12-7)6(9)10/h2,6H,1H3. The molecule has 0 fully saturated rings. The largest absolute Gasteiger partial charge is 0.480 e. The van der Waals surface area contributed by atoms with Gasteiger partial charge in [-0.2, -0.15) is 0 Å². The number of rotatable bonds is 2. The topological polar surface area (TPSA) is 22.1 Å². The van der Waals surface area contributed by atoms with Crippen LogP contribution >= 0.6 is 38.5 Å². The maximum absolute atomic E-state index is 12.3. The molecule has 72 valence electrons. The molecule has 0 unspecified atom stereocenters. The minimum Gasteiger partial charge on any atom is -0.480 e. The average molecular weight is 364 g/mol. The number of hydrogen-bond donors (Lipinski definition) is 0. The van der Waals surface area contributed by atoms with Crippen molar-refractivity contribution in [2.24, 2.45) is 0 Å². The lowest BCUT2D eigenvalue weighted by Crippen LogP contribution is -1.96. The number of alkyl halides is 2. The second-order valence-electron chi connectivity index (χ2n) is 2.15. The van der Waals surface area contributed by atoms with E-state index < -0.39 is 6.43 Å². The van der Waals surface area contributed by atoms with Gasteiger partial charge in [0, 0.05) is 10.7 Å². The van der Waals surface area contributed by atoms with E-state index in [0.717, 1.165) is 6.20 Å². The number of pyridine rings is 1. The van der Waals surface area contributed by atoms with Gasteiger partial charge in [0.05, 0.1) is 16.2 Å². The Kier molecular flexibility index (Phi) is 3.84. The highest BCUT2D eigenvalue weighted by atomic mass is 127. The molecule has 0 atom stereocenters. The van der Waals surface area contributed by atoms with Crippen LogP contribution in [0, 0.1) is 3.57 Å². The lowest BCUT2D eigenvalue weighted by atomic mass is 10.3. The minimum absolute atomic E-state index is 0.120. The third-order valence-electron chi connectivity index (χ3n) is 1.38. The molecular weight excluding hydrogens is 359 g/mol. The van der Waals surface area contributed by atoms with Gasteiger partial charge in [0.15, 0.2) is 0 Å². The van der Waals surface area contributed by atoms with E-state index in [1.165, 1.54) is 7.11 Å². The predicted octanol–water partition coefficient (Wildman–Crippen LogP) is 3.39. The van der Waals surface area contributed by atoms with Gasteiger partial charge in [-0.3, -0.25) is 0 Å². The summed E-state index contributed by atoms with van der Waals surface area (Å²) in [4.78, 5) is 3.74. The monoisotopic (exact) mass is 363 g/mol. The van der Waals surface area contributed by atoms with Crippen LogP contribution in [0.4, 0.5) is 8.78 Å². The van der Waals surface area contributed by atoms with Crippen molar-refractivity contribution in [1.29, 1.82) is 0 Å². The maximum atomic E-state index is 12.3. The van der Waals surface area contributed by atoms with Crippen LogP contribution in [-0.4, -0.2) is 12.1 Å². The lowest BCUT2D eigenvalue weighted by molar-refractivity contribution is 0.150. The Morgan fingerprint density at radius 1 is 1.62 bits per heavy atom. The second kappa shape index (κ2) is 4.50. The van der Waals surface area contributed by atoms with Gasteiger partial charge in [-0.1, -0.05) is 0 Å². The van der Waals surface area contributed by atoms with Crippen LogP contribution < -0.4 is 4.74 Å². The van der Waals surface area contributed by atoms with Gasteiger partial charge in [-0.15, -0.1) is 0 Å². The van der Waals surface area contributed by atoms with Crippen LogP contribution in [0.2, 0.25) is 0 Å². The average Bonchev–Trinajstić information content (AvgIpc) is 2.09. The first-order chi connectivity index (χ1) is 6.07. The van der Waals surface area contributed by atoms with Crippen molar-refractivity contribution in [1.82, 2.24) is 4.98 Å². The molecule has 0 saturated carbocycles. The van der Waals surface area contributed by atoms with Crippen LogP contribution in [0.15, 0.2) is 10.7 Å². The van der Waals surface area contributed by atoms with Gasteiger partial charge in [-0.25, -0.2) is 13.8 Å². The van der Waals surface area contributed by atoms with Gasteiger partial charge in [0.1, 0.15) is 0 Å². The summed E-state index contributed by atoms with van der Waals surface area (Å²) >= 11 is 4.96. The number of aromatic nitrogens is 1. The van der Waals surface area contributed by atoms with Gasteiger partial charge in [0.2, 0.25) is 5.88 Å². The molecule has 0 aliphatic carbocycles. The first-order valence-electron chi connectivity index (χ1n) is 3.24. The summed E-state index contributed by atoms with van der Waals surface area (Å²) in [6.07, 6.45) is -1.42. The van der Waals surface area contributed by atoms with Crippen LogP contribution in [0.25, 0.3) is 0 Å². The highest BCUT2D eigenvalue weighted by Gasteiger charge is 2.17. The van der Waals surface area contributed by atoms with Crippen LogP contribution in [0.3, 0.4) is 0 Å². The molecular formula is C7H5BrF2INO. The zero-order valence-electron chi connectivity index (χ0n) is 6.52. The third kappa shape index (κ3) is 2.28. The number of methoxy groups -OCH3 is 1. The summed E-state index contributed by atoms with van der Waals surface area (Å²) in [5, 5.41) is 0. The first kappa shape index (κ1) is 11.1. The lowest BCUT2D eigenvalue weighted by Gasteiger charge is -2.07. The molecule has 1 aromatic rings. The fourth-order valence-corrected chi connectivity index (χ4v) is 1.87. The zero-order chi connectivity index (χ0) is 10.0. The molecule has 0 spiro atoms. The van der Waals surface area contributed by atoms with E-state index in [1.807, 2.05) is 22.6 Å². The summed E-state index contributed by atoms with van der Waals surface area (Å²) in [5.41, 5.74) is -0.120. The van der Waals surface area contributed by atoms with Crippen LogP contribution in [0.5, 0.6) is 5.88 Å². The fourth-order valence-electron chi connectivity index (χ4n) is 0.757. The molecule has 1 heterocycles. The van der Waals surface area contributed by atoms with Gasteiger partial charge < -0.3 is 4.74 Å². The SMILES string of the molecule is COc1ncc(C(F)F)c(Br)c1I. The molecule has 0 radical (unpaired) electrons. The van der Waals surface area contributed by atoms with Gasteiger partial charge in [-0.05, 0) is 38.5 Å². The molecule has 1 rings (SSSR count). The summed E-state index contributed by atoms with van der Waals surface area (Å²) < 4.78 is 30.4. The van der Waals surface area contributed by atoms with E-state index in [-0.39, 0.29) is 5.56 Å². The summed E-state index contributed by atoms with van der Waals surface area (Å²) in [7, 11) is 1.44. The summed E-state index contributed by atoms with van der Waals surface area (Å²) in [5.74, 6) is 0.344. The Morgan fingerprint density at radius 2 is 2.23 bits per heavy atom. The molecule has 13 heavy (non-hydrogen) atoms. The Morgan fingerprint density at radius 3 is 2.69 bits per heavy atom. The Labute approximate surface area is 96.0 Å². The molecule has 0 aliphatic heterocycles. The van der Waals surface area contributed by atoms with Crippen molar-refractivity contribution in [3.8, 4) is 5.88 Å². The number of ether oxygens (including phenoxy) is 1. The molecule has 2 nitrogen and oxygen atoms in total. The van der Waals surface area contributed by atoms with Crippen molar-refractivity contribution in [2.45, 2.75) is 6.43 Å². The molecule has 0 bridgehead atoms. The number of hydrogen-bond acceptors (Lipinski definition) is 2. The van der Waals surface area contributed by atoms with E-state index in [1.54, 1.807) is 0 Å². The highest BCUT2D eigenvalue weighted by Crippen LogP contribution is 2.34. The Bertz CT molecular complexity index is 322. The molecule has 6 heteroatoms. The van der Waals surface area contributed by atoms with Crippen molar-refractivity contribution in [3.63, 3.8) is 0 Å². The molecule has 1 aromatic heterocycles. The third-order valence-corrected chi connectivity index (χ3v) is 3.98. The Balaban J connectivity index is 3.23. The quantitative estimate of drug-likeness (QED) is 0.751. The van der Waals surface area contributed by atoms with Crippen molar-refractivity contribution < 1.29 is 13.5 Å². The molecule has 0 aromatic carbocycles. The smallest absolute Gasteiger partial charge is 0.266 e. The van der Waals surface area contributed by atoms with E-state index in [9.17, 15) is 8.78 Å². The fraction of sp³-hybridized carbons (Fsp3) is 0.286. The molecule has 0 N–H and O–H groups in total. The highest BCUT2D eigenvalue weighted by molar-refractivity contribution is 14.1. The van der Waals surface area contributed by atoms with Crippen molar-refractivity contribution in [3.05, 3.63) is 19.8 Å².